The van der Waals surface area contributed by atoms with E-state index in [9.17, 15) is 18.0 Å². The van der Waals surface area contributed by atoms with Crippen LogP contribution in [0.15, 0.2) is 36.5 Å². The van der Waals surface area contributed by atoms with Crippen molar-refractivity contribution in [1.82, 2.24) is 10.3 Å². The van der Waals surface area contributed by atoms with Crippen LogP contribution in [0.2, 0.25) is 5.02 Å². The minimum Gasteiger partial charge on any atom is -0.444 e. The summed E-state index contributed by atoms with van der Waals surface area (Å²) >= 11 is 6.24. The van der Waals surface area contributed by atoms with E-state index in [1.807, 2.05) is 0 Å². The molecule has 28 heavy (non-hydrogen) atoms. The molecule has 150 valence electrons. The standard InChI is InChI=1S/C20H20ClF3N2O2/c1-18(2,3)28-17(27)26-19(6-7-19)14-8-13(9-15(21)10-14)12-4-5-16(25-11-12)20(22,23)24/h4-5,8-11H,6-7H2,1-3H3,(H,26,27). The van der Waals surface area contributed by atoms with E-state index in [4.69, 9.17) is 16.3 Å². The first kappa shape index (κ1) is 20.5. The Labute approximate surface area is 166 Å². The van der Waals surface area contributed by atoms with Crippen LogP contribution in [0.3, 0.4) is 0 Å². The minimum atomic E-state index is -4.49. The molecular weight excluding hydrogens is 393 g/mol. The highest BCUT2D eigenvalue weighted by molar-refractivity contribution is 6.31. The number of pyridine rings is 1. The van der Waals surface area contributed by atoms with E-state index >= 15 is 0 Å². The summed E-state index contributed by atoms with van der Waals surface area (Å²) in [5, 5.41) is 3.31. The molecule has 1 fully saturated rings. The highest BCUT2D eigenvalue weighted by atomic mass is 35.5. The van der Waals surface area contributed by atoms with Gasteiger partial charge in [-0.05, 0) is 69.0 Å². The third-order valence-electron chi connectivity index (χ3n) is 4.33. The van der Waals surface area contributed by atoms with Crippen LogP contribution in [-0.4, -0.2) is 16.7 Å². The number of aromatic nitrogens is 1. The Balaban J connectivity index is 1.87. The van der Waals surface area contributed by atoms with Gasteiger partial charge in [-0.2, -0.15) is 13.2 Å². The molecule has 3 rings (SSSR count). The highest BCUT2D eigenvalue weighted by Crippen LogP contribution is 2.47. The lowest BCUT2D eigenvalue weighted by molar-refractivity contribution is -0.141. The summed E-state index contributed by atoms with van der Waals surface area (Å²) in [6, 6.07) is 7.49. The number of nitrogens with zero attached hydrogens (tertiary/aromatic N) is 1. The van der Waals surface area contributed by atoms with Crippen LogP contribution in [0, 0.1) is 0 Å². The number of hydrogen-bond acceptors (Lipinski definition) is 3. The Morgan fingerprint density at radius 1 is 1.14 bits per heavy atom. The Hall–Kier alpha value is -2.28. The molecule has 1 N–H and O–H groups in total. The van der Waals surface area contributed by atoms with Crippen molar-refractivity contribution in [1.29, 1.82) is 0 Å². The largest absolute Gasteiger partial charge is 0.444 e. The minimum absolute atomic E-state index is 0.421. The molecule has 4 nitrogen and oxygen atoms in total. The number of hydrogen-bond donors (Lipinski definition) is 1. The third-order valence-corrected chi connectivity index (χ3v) is 4.55. The first-order valence-corrected chi connectivity index (χ1v) is 9.12. The summed E-state index contributed by atoms with van der Waals surface area (Å²) in [4.78, 5) is 15.7. The van der Waals surface area contributed by atoms with E-state index in [1.54, 1.807) is 39.0 Å². The summed E-state index contributed by atoms with van der Waals surface area (Å²) in [6.45, 7) is 5.34. The Kier molecular flexibility index (Phi) is 5.08. The van der Waals surface area contributed by atoms with Crippen LogP contribution in [0.4, 0.5) is 18.0 Å². The first-order chi connectivity index (χ1) is 12.9. The zero-order valence-electron chi connectivity index (χ0n) is 15.7. The maximum absolute atomic E-state index is 12.7. The fourth-order valence-electron chi connectivity index (χ4n) is 2.87. The van der Waals surface area contributed by atoms with Crippen molar-refractivity contribution in [2.45, 2.75) is 50.9 Å². The van der Waals surface area contributed by atoms with Crippen LogP contribution < -0.4 is 5.32 Å². The van der Waals surface area contributed by atoms with Crippen molar-refractivity contribution < 1.29 is 22.7 Å². The molecule has 1 aliphatic carbocycles. The molecule has 1 saturated carbocycles. The summed E-state index contributed by atoms with van der Waals surface area (Å²) in [5.74, 6) is 0. The summed E-state index contributed by atoms with van der Waals surface area (Å²) in [5.41, 5.74) is -0.248. The van der Waals surface area contributed by atoms with Gasteiger partial charge >= 0.3 is 12.3 Å². The van der Waals surface area contributed by atoms with E-state index in [0.29, 0.717) is 16.1 Å². The lowest BCUT2D eigenvalue weighted by Crippen LogP contribution is -2.39. The van der Waals surface area contributed by atoms with E-state index in [1.165, 1.54) is 12.3 Å². The van der Waals surface area contributed by atoms with Gasteiger partial charge < -0.3 is 10.1 Å². The second-order valence-electron chi connectivity index (χ2n) is 7.87. The summed E-state index contributed by atoms with van der Waals surface area (Å²) in [6.07, 6.45) is -2.41. The molecule has 1 aromatic heterocycles. The van der Waals surface area contributed by atoms with Crippen molar-refractivity contribution in [3.8, 4) is 11.1 Å². The SMILES string of the molecule is CC(C)(C)OC(=O)NC1(c2cc(Cl)cc(-c3ccc(C(F)(F)F)nc3)c2)CC1. The second kappa shape index (κ2) is 6.95. The second-order valence-corrected chi connectivity index (χ2v) is 8.30. The average Bonchev–Trinajstić information content (AvgIpc) is 3.32. The molecule has 0 saturated heterocycles. The molecule has 0 bridgehead atoms. The maximum atomic E-state index is 12.7. The van der Waals surface area contributed by atoms with Gasteiger partial charge in [-0.15, -0.1) is 0 Å². The van der Waals surface area contributed by atoms with Gasteiger partial charge in [-0.25, -0.2) is 4.79 Å². The zero-order valence-corrected chi connectivity index (χ0v) is 16.4. The van der Waals surface area contributed by atoms with E-state index < -0.39 is 29.1 Å². The van der Waals surface area contributed by atoms with Gasteiger partial charge in [0.15, 0.2) is 0 Å². The fraction of sp³-hybridized carbons (Fsp3) is 0.400. The van der Waals surface area contributed by atoms with Gasteiger partial charge in [-0.3, -0.25) is 4.98 Å². The zero-order chi connectivity index (χ0) is 20.7. The molecule has 1 aliphatic rings. The number of ether oxygens (including phenoxy) is 1. The molecule has 1 heterocycles. The number of nitrogens with one attached hydrogen (secondary N) is 1. The number of carbonyl (C=O) groups excluding carboxylic acids is 1. The van der Waals surface area contributed by atoms with Gasteiger partial charge in [0, 0.05) is 16.8 Å². The molecule has 0 unspecified atom stereocenters. The van der Waals surface area contributed by atoms with Gasteiger partial charge in [-0.1, -0.05) is 17.7 Å². The molecule has 1 amide bonds. The molecule has 0 radical (unpaired) electrons. The average molecular weight is 413 g/mol. The third kappa shape index (κ3) is 4.76. The van der Waals surface area contributed by atoms with Crippen molar-refractivity contribution in [2.75, 3.05) is 0 Å². The van der Waals surface area contributed by atoms with Gasteiger partial charge in [0.05, 0.1) is 5.54 Å². The molecule has 0 aliphatic heterocycles. The number of amides is 1. The van der Waals surface area contributed by atoms with E-state index in [2.05, 4.69) is 10.3 Å². The van der Waals surface area contributed by atoms with Crippen molar-refractivity contribution in [3.05, 3.63) is 52.8 Å². The maximum Gasteiger partial charge on any atom is 0.433 e. The predicted octanol–water partition coefficient (Wildman–Crippen LogP) is 5.93. The lowest BCUT2D eigenvalue weighted by atomic mass is 9.98. The molecule has 0 atom stereocenters. The Morgan fingerprint density at radius 2 is 1.82 bits per heavy atom. The first-order valence-electron chi connectivity index (χ1n) is 8.74. The van der Waals surface area contributed by atoms with Gasteiger partial charge in [0.1, 0.15) is 11.3 Å². The lowest BCUT2D eigenvalue weighted by Gasteiger charge is -2.24. The number of benzene rings is 1. The topological polar surface area (TPSA) is 51.2 Å². The number of halogens is 4. The monoisotopic (exact) mass is 412 g/mol. The van der Waals surface area contributed by atoms with E-state index in [0.717, 1.165) is 24.5 Å². The van der Waals surface area contributed by atoms with Crippen molar-refractivity contribution in [3.63, 3.8) is 0 Å². The van der Waals surface area contributed by atoms with Crippen molar-refractivity contribution in [2.24, 2.45) is 0 Å². The number of alkyl halides is 3. The van der Waals surface area contributed by atoms with Crippen LogP contribution >= 0.6 is 11.6 Å². The van der Waals surface area contributed by atoms with Gasteiger partial charge in [0.2, 0.25) is 0 Å². The Morgan fingerprint density at radius 3 is 2.32 bits per heavy atom. The Bertz CT molecular complexity index is 886. The quantitative estimate of drug-likeness (QED) is 0.679. The van der Waals surface area contributed by atoms with Crippen LogP contribution in [0.25, 0.3) is 11.1 Å². The number of carbonyl (C=O) groups is 1. The fourth-order valence-corrected chi connectivity index (χ4v) is 3.11. The smallest absolute Gasteiger partial charge is 0.433 e. The number of alkyl carbamates (subject to hydrolysis) is 1. The molecular formula is C20H20ClF3N2O2. The summed E-state index contributed by atoms with van der Waals surface area (Å²) < 4.78 is 43.5. The number of rotatable bonds is 3. The molecule has 1 aromatic carbocycles. The predicted molar refractivity (Wildman–Crippen MR) is 100.0 cm³/mol. The van der Waals surface area contributed by atoms with Crippen LogP contribution in [-0.2, 0) is 16.5 Å². The normalized spacial score (nSPS) is 15.8. The van der Waals surface area contributed by atoms with Gasteiger partial charge in [0.25, 0.3) is 0 Å². The summed E-state index contributed by atoms with van der Waals surface area (Å²) in [7, 11) is 0. The van der Waals surface area contributed by atoms with Crippen LogP contribution in [0.1, 0.15) is 44.9 Å². The van der Waals surface area contributed by atoms with Crippen LogP contribution in [0.5, 0.6) is 0 Å². The molecule has 8 heteroatoms. The van der Waals surface area contributed by atoms with Crippen molar-refractivity contribution >= 4 is 17.7 Å². The molecule has 2 aromatic rings. The van der Waals surface area contributed by atoms with E-state index in [-0.39, 0.29) is 0 Å². The molecule has 0 spiro atoms. The highest BCUT2D eigenvalue weighted by Gasteiger charge is 2.47.